The molecule has 1 heterocycles. The van der Waals surface area contributed by atoms with Crippen molar-refractivity contribution in [1.29, 1.82) is 0 Å². The van der Waals surface area contributed by atoms with E-state index in [2.05, 4.69) is 5.32 Å². The van der Waals surface area contributed by atoms with Gasteiger partial charge in [-0.25, -0.2) is 0 Å². The van der Waals surface area contributed by atoms with E-state index >= 15 is 0 Å². The molecule has 0 spiro atoms. The van der Waals surface area contributed by atoms with Gasteiger partial charge in [0.25, 0.3) is 0 Å². The Hall–Kier alpha value is -1.55. The summed E-state index contributed by atoms with van der Waals surface area (Å²) in [5.74, 6) is 0.105. The highest BCUT2D eigenvalue weighted by molar-refractivity contribution is 6.30. The molecule has 1 atom stereocenters. The van der Waals surface area contributed by atoms with Crippen LogP contribution in [0.5, 0.6) is 0 Å². The van der Waals surface area contributed by atoms with E-state index in [0.29, 0.717) is 31.0 Å². The Kier molecular flexibility index (Phi) is 5.01. The molecule has 0 bridgehead atoms. The van der Waals surface area contributed by atoms with Gasteiger partial charge < -0.3 is 10.2 Å². The fourth-order valence-electron chi connectivity index (χ4n) is 2.37. The van der Waals surface area contributed by atoms with Gasteiger partial charge in [-0.3, -0.25) is 9.59 Å². The minimum absolute atomic E-state index is 0.000471. The largest absolute Gasteiger partial charge is 0.351 e. The number of likely N-dealkylation sites (tertiary alicyclic amines) is 1. The molecule has 108 valence electrons. The molecule has 0 aliphatic carbocycles. The van der Waals surface area contributed by atoms with Crippen LogP contribution in [-0.2, 0) is 16.0 Å². The molecule has 1 fully saturated rings. The molecular weight excluding hydrogens is 276 g/mol. The fraction of sp³-hybridized carbons (Fsp3) is 0.467. The number of halogens is 1. The van der Waals surface area contributed by atoms with Crippen molar-refractivity contribution >= 4 is 23.4 Å². The van der Waals surface area contributed by atoms with Crippen molar-refractivity contribution in [2.45, 2.75) is 32.2 Å². The van der Waals surface area contributed by atoms with Gasteiger partial charge in [0.05, 0.1) is 6.04 Å². The molecule has 1 aliphatic heterocycles. The average Bonchev–Trinajstić information content (AvgIpc) is 2.76. The highest BCUT2D eigenvalue weighted by Gasteiger charge is 2.29. The molecule has 1 aromatic carbocycles. The Bertz CT molecular complexity index is 504. The maximum Gasteiger partial charge on any atom is 0.224 e. The predicted molar refractivity (Wildman–Crippen MR) is 78.6 cm³/mol. The number of nitrogens with zero attached hydrogens (tertiary/aromatic N) is 1. The van der Waals surface area contributed by atoms with Crippen LogP contribution in [0.1, 0.15) is 25.3 Å². The molecule has 0 saturated carbocycles. The summed E-state index contributed by atoms with van der Waals surface area (Å²) in [4.78, 5) is 25.0. The number of carbonyl (C=O) groups is 2. The topological polar surface area (TPSA) is 49.4 Å². The normalized spacial score (nSPS) is 18.4. The molecule has 1 aromatic rings. The van der Waals surface area contributed by atoms with E-state index in [1.807, 2.05) is 36.1 Å². The minimum atomic E-state index is -0.0469. The smallest absolute Gasteiger partial charge is 0.224 e. The Morgan fingerprint density at radius 3 is 3.00 bits per heavy atom. The van der Waals surface area contributed by atoms with Crippen LogP contribution >= 0.6 is 11.6 Å². The SMILES string of the molecule is CCC(=O)NC1CC(=O)N(CCc2cccc(Cl)c2)C1. The van der Waals surface area contributed by atoms with Gasteiger partial charge in [0.2, 0.25) is 11.8 Å². The summed E-state index contributed by atoms with van der Waals surface area (Å²) in [5, 5.41) is 3.59. The van der Waals surface area contributed by atoms with Crippen molar-refractivity contribution in [2.75, 3.05) is 13.1 Å². The molecule has 5 heteroatoms. The number of amides is 2. The first-order valence-electron chi connectivity index (χ1n) is 6.90. The van der Waals surface area contributed by atoms with Gasteiger partial charge in [-0.1, -0.05) is 30.7 Å². The minimum Gasteiger partial charge on any atom is -0.351 e. The maximum atomic E-state index is 11.9. The lowest BCUT2D eigenvalue weighted by molar-refractivity contribution is -0.127. The molecular formula is C15H19ClN2O2. The van der Waals surface area contributed by atoms with Crippen LogP contribution in [0.3, 0.4) is 0 Å². The molecule has 0 aromatic heterocycles. The first-order valence-corrected chi connectivity index (χ1v) is 7.28. The molecule has 1 saturated heterocycles. The number of carbonyl (C=O) groups excluding carboxylic acids is 2. The van der Waals surface area contributed by atoms with Crippen LogP contribution in [0.4, 0.5) is 0 Å². The van der Waals surface area contributed by atoms with E-state index in [4.69, 9.17) is 11.6 Å². The second-order valence-electron chi connectivity index (χ2n) is 5.04. The third-order valence-corrected chi connectivity index (χ3v) is 3.70. The van der Waals surface area contributed by atoms with Crippen molar-refractivity contribution in [2.24, 2.45) is 0 Å². The van der Waals surface area contributed by atoms with Crippen molar-refractivity contribution in [3.63, 3.8) is 0 Å². The van der Waals surface area contributed by atoms with Gasteiger partial charge in [-0.05, 0) is 24.1 Å². The molecule has 20 heavy (non-hydrogen) atoms. The van der Waals surface area contributed by atoms with Gasteiger partial charge in [-0.2, -0.15) is 0 Å². The van der Waals surface area contributed by atoms with Crippen LogP contribution in [0.2, 0.25) is 5.02 Å². The van der Waals surface area contributed by atoms with E-state index in [1.165, 1.54) is 0 Å². The number of rotatable bonds is 5. The zero-order valence-electron chi connectivity index (χ0n) is 11.6. The molecule has 4 nitrogen and oxygen atoms in total. The van der Waals surface area contributed by atoms with E-state index in [0.717, 1.165) is 12.0 Å². The predicted octanol–water partition coefficient (Wildman–Crippen LogP) is 2.01. The van der Waals surface area contributed by atoms with E-state index in [1.54, 1.807) is 0 Å². The molecule has 1 unspecified atom stereocenters. The lowest BCUT2D eigenvalue weighted by Crippen LogP contribution is -2.37. The van der Waals surface area contributed by atoms with Crippen molar-refractivity contribution in [1.82, 2.24) is 10.2 Å². The quantitative estimate of drug-likeness (QED) is 0.903. The summed E-state index contributed by atoms with van der Waals surface area (Å²) in [6.07, 6.45) is 1.63. The zero-order valence-corrected chi connectivity index (χ0v) is 12.3. The lowest BCUT2D eigenvalue weighted by atomic mass is 10.1. The van der Waals surface area contributed by atoms with Crippen molar-refractivity contribution in [3.05, 3.63) is 34.9 Å². The standard InChI is InChI=1S/C15H19ClN2O2/c1-2-14(19)17-13-9-15(20)18(10-13)7-6-11-4-3-5-12(16)8-11/h3-5,8,13H,2,6-7,9-10H2,1H3,(H,17,19). The third kappa shape index (κ3) is 3.97. The summed E-state index contributed by atoms with van der Waals surface area (Å²) in [6.45, 7) is 3.08. The summed E-state index contributed by atoms with van der Waals surface area (Å²) in [5.41, 5.74) is 1.12. The Balaban J connectivity index is 1.84. The van der Waals surface area contributed by atoms with Crippen molar-refractivity contribution < 1.29 is 9.59 Å². The van der Waals surface area contributed by atoms with Crippen LogP contribution in [0.25, 0.3) is 0 Å². The first-order chi connectivity index (χ1) is 9.58. The first kappa shape index (κ1) is 14.9. The Morgan fingerprint density at radius 1 is 1.50 bits per heavy atom. The van der Waals surface area contributed by atoms with Crippen LogP contribution in [0, 0.1) is 0 Å². The molecule has 1 aliphatic rings. The molecule has 1 N–H and O–H groups in total. The molecule has 2 rings (SSSR count). The Labute approximate surface area is 124 Å². The second-order valence-corrected chi connectivity index (χ2v) is 5.48. The number of hydrogen-bond donors (Lipinski definition) is 1. The van der Waals surface area contributed by atoms with Crippen LogP contribution < -0.4 is 5.32 Å². The number of nitrogens with one attached hydrogen (secondary N) is 1. The highest BCUT2D eigenvalue weighted by atomic mass is 35.5. The summed E-state index contributed by atoms with van der Waals surface area (Å²) in [6, 6.07) is 7.62. The number of hydrogen-bond acceptors (Lipinski definition) is 2. The summed E-state index contributed by atoms with van der Waals surface area (Å²) >= 11 is 5.94. The van der Waals surface area contributed by atoms with Crippen LogP contribution in [-0.4, -0.2) is 35.8 Å². The van der Waals surface area contributed by atoms with Gasteiger partial charge in [0.15, 0.2) is 0 Å². The molecule has 0 radical (unpaired) electrons. The van der Waals surface area contributed by atoms with Crippen LogP contribution in [0.15, 0.2) is 24.3 Å². The third-order valence-electron chi connectivity index (χ3n) is 3.46. The monoisotopic (exact) mass is 294 g/mol. The zero-order chi connectivity index (χ0) is 14.5. The number of benzene rings is 1. The second kappa shape index (κ2) is 6.75. The van der Waals surface area contributed by atoms with Crippen molar-refractivity contribution in [3.8, 4) is 0 Å². The Morgan fingerprint density at radius 2 is 2.30 bits per heavy atom. The average molecular weight is 295 g/mol. The van der Waals surface area contributed by atoms with Gasteiger partial charge in [0, 0.05) is 31.0 Å². The highest BCUT2D eigenvalue weighted by Crippen LogP contribution is 2.15. The molecule has 2 amide bonds. The van der Waals surface area contributed by atoms with Gasteiger partial charge in [0.1, 0.15) is 0 Å². The van der Waals surface area contributed by atoms with Gasteiger partial charge >= 0.3 is 0 Å². The van der Waals surface area contributed by atoms with E-state index < -0.39 is 0 Å². The maximum absolute atomic E-state index is 11.9. The fourth-order valence-corrected chi connectivity index (χ4v) is 2.58. The van der Waals surface area contributed by atoms with E-state index in [-0.39, 0.29) is 17.9 Å². The lowest BCUT2D eigenvalue weighted by Gasteiger charge is -2.17. The summed E-state index contributed by atoms with van der Waals surface area (Å²) in [7, 11) is 0. The van der Waals surface area contributed by atoms with E-state index in [9.17, 15) is 9.59 Å². The van der Waals surface area contributed by atoms with Gasteiger partial charge in [-0.15, -0.1) is 0 Å². The summed E-state index contributed by atoms with van der Waals surface area (Å²) < 4.78 is 0.